The third-order valence-electron chi connectivity index (χ3n) is 3.32. The Morgan fingerprint density at radius 2 is 1.72 bits per heavy atom. The lowest BCUT2D eigenvalue weighted by Gasteiger charge is -2.10. The van der Waals surface area contributed by atoms with Crippen molar-refractivity contribution in [1.29, 1.82) is 0 Å². The van der Waals surface area contributed by atoms with Crippen LogP contribution in [0.4, 0.5) is 15.8 Å². The highest BCUT2D eigenvalue weighted by atomic mass is 35.5. The van der Waals surface area contributed by atoms with Crippen molar-refractivity contribution in [2.45, 2.75) is 0 Å². The van der Waals surface area contributed by atoms with Crippen molar-refractivity contribution in [2.24, 2.45) is 0 Å². The molecule has 3 aromatic rings. The number of anilines is 2. The van der Waals surface area contributed by atoms with E-state index >= 15 is 0 Å². The maximum atomic E-state index is 12.9. The maximum Gasteiger partial charge on any atom is 0.265 e. The second kappa shape index (κ2) is 7.46. The van der Waals surface area contributed by atoms with E-state index in [9.17, 15) is 14.0 Å². The molecule has 0 aliphatic heterocycles. The molecule has 0 unspecified atom stereocenters. The molecule has 0 bridgehead atoms. The van der Waals surface area contributed by atoms with Gasteiger partial charge in [0.1, 0.15) is 5.82 Å². The van der Waals surface area contributed by atoms with Crippen LogP contribution >= 0.6 is 22.9 Å². The molecule has 0 aliphatic carbocycles. The first-order valence-corrected chi connectivity index (χ1v) is 8.50. The summed E-state index contributed by atoms with van der Waals surface area (Å²) in [4.78, 5) is 25.0. The molecule has 126 valence electrons. The van der Waals surface area contributed by atoms with E-state index in [4.69, 9.17) is 11.6 Å². The molecule has 0 atom stereocenters. The Balaban J connectivity index is 1.77. The van der Waals surface area contributed by atoms with Crippen molar-refractivity contribution in [3.63, 3.8) is 0 Å². The van der Waals surface area contributed by atoms with Crippen molar-refractivity contribution >= 4 is 46.1 Å². The Hall–Kier alpha value is -2.70. The number of benzene rings is 2. The summed E-state index contributed by atoms with van der Waals surface area (Å²) < 4.78 is 12.9. The van der Waals surface area contributed by atoms with Gasteiger partial charge in [-0.1, -0.05) is 17.7 Å². The van der Waals surface area contributed by atoms with Crippen LogP contribution in [-0.2, 0) is 0 Å². The van der Waals surface area contributed by atoms with Gasteiger partial charge < -0.3 is 10.6 Å². The van der Waals surface area contributed by atoms with Gasteiger partial charge in [-0.3, -0.25) is 9.59 Å². The number of carbonyl (C=O) groups excluding carboxylic acids is 2. The molecule has 2 N–H and O–H groups in total. The van der Waals surface area contributed by atoms with Crippen LogP contribution < -0.4 is 10.6 Å². The summed E-state index contributed by atoms with van der Waals surface area (Å²) in [7, 11) is 0. The fourth-order valence-corrected chi connectivity index (χ4v) is 2.87. The van der Waals surface area contributed by atoms with Gasteiger partial charge in [-0.15, -0.1) is 11.3 Å². The minimum absolute atomic E-state index is 0.298. The highest BCUT2D eigenvalue weighted by Crippen LogP contribution is 2.25. The molecule has 1 aromatic heterocycles. The Kier molecular flexibility index (Phi) is 5.11. The topological polar surface area (TPSA) is 58.2 Å². The quantitative estimate of drug-likeness (QED) is 0.671. The van der Waals surface area contributed by atoms with E-state index in [-0.39, 0.29) is 11.7 Å². The lowest BCUT2D eigenvalue weighted by Crippen LogP contribution is -2.14. The van der Waals surface area contributed by atoms with Crippen LogP contribution in [0.15, 0.2) is 60.0 Å². The van der Waals surface area contributed by atoms with E-state index in [0.29, 0.717) is 26.8 Å². The summed E-state index contributed by atoms with van der Waals surface area (Å²) in [6.45, 7) is 0. The molecule has 4 nitrogen and oxygen atoms in total. The molecule has 2 amide bonds. The number of thiophene rings is 1. The van der Waals surface area contributed by atoms with E-state index in [2.05, 4.69) is 10.6 Å². The second-order valence-corrected chi connectivity index (χ2v) is 6.44. The highest BCUT2D eigenvalue weighted by molar-refractivity contribution is 7.12. The third kappa shape index (κ3) is 4.23. The molecule has 0 aliphatic rings. The molecular weight excluding hydrogens is 363 g/mol. The maximum absolute atomic E-state index is 12.9. The predicted octanol–water partition coefficient (Wildman–Crippen LogP) is 5.05. The van der Waals surface area contributed by atoms with Gasteiger partial charge in [0.2, 0.25) is 0 Å². The Morgan fingerprint density at radius 1 is 0.960 bits per heavy atom. The first kappa shape index (κ1) is 17.1. The summed E-state index contributed by atoms with van der Waals surface area (Å²) in [6.07, 6.45) is 0. The van der Waals surface area contributed by atoms with E-state index in [1.807, 2.05) is 0 Å². The van der Waals surface area contributed by atoms with Crippen molar-refractivity contribution in [3.8, 4) is 0 Å². The van der Waals surface area contributed by atoms with Gasteiger partial charge >= 0.3 is 0 Å². The summed E-state index contributed by atoms with van der Waals surface area (Å²) >= 11 is 7.40. The monoisotopic (exact) mass is 374 g/mol. The number of hydrogen-bond donors (Lipinski definition) is 2. The van der Waals surface area contributed by atoms with Crippen molar-refractivity contribution in [2.75, 3.05) is 10.6 Å². The van der Waals surface area contributed by atoms with Crippen LogP contribution in [0.3, 0.4) is 0 Å². The molecule has 25 heavy (non-hydrogen) atoms. The Morgan fingerprint density at radius 3 is 2.40 bits per heavy atom. The molecule has 2 aromatic carbocycles. The number of rotatable bonds is 4. The normalized spacial score (nSPS) is 10.3. The molecule has 0 saturated carbocycles. The van der Waals surface area contributed by atoms with Gasteiger partial charge in [-0.2, -0.15) is 0 Å². The minimum Gasteiger partial charge on any atom is -0.322 e. The van der Waals surface area contributed by atoms with Crippen LogP contribution in [0, 0.1) is 5.82 Å². The first-order chi connectivity index (χ1) is 12.0. The smallest absolute Gasteiger partial charge is 0.265 e. The van der Waals surface area contributed by atoms with Crippen LogP contribution in [0.1, 0.15) is 20.0 Å². The molecule has 0 saturated heterocycles. The van der Waals surface area contributed by atoms with Crippen molar-refractivity contribution in [1.82, 2.24) is 0 Å². The number of amides is 2. The molecule has 7 heteroatoms. The van der Waals surface area contributed by atoms with Gasteiger partial charge in [0.05, 0.1) is 15.6 Å². The molecule has 3 rings (SSSR count). The first-order valence-electron chi connectivity index (χ1n) is 7.24. The van der Waals surface area contributed by atoms with Gasteiger partial charge in [-0.05, 0) is 53.9 Å². The number of carbonyl (C=O) groups is 2. The second-order valence-electron chi connectivity index (χ2n) is 5.09. The minimum atomic E-state index is -0.394. The highest BCUT2D eigenvalue weighted by Gasteiger charge is 2.13. The van der Waals surface area contributed by atoms with Crippen LogP contribution in [0.25, 0.3) is 0 Å². The zero-order chi connectivity index (χ0) is 17.8. The number of halogens is 2. The Labute approximate surface area is 152 Å². The number of nitrogens with one attached hydrogen (secondary N) is 2. The Bertz CT molecular complexity index is 911. The van der Waals surface area contributed by atoms with Crippen LogP contribution in [-0.4, -0.2) is 11.8 Å². The summed E-state index contributed by atoms with van der Waals surface area (Å²) in [5.74, 6) is -1.08. The molecule has 1 heterocycles. The van der Waals surface area contributed by atoms with Crippen molar-refractivity contribution in [3.05, 3.63) is 81.3 Å². The van der Waals surface area contributed by atoms with E-state index < -0.39 is 5.91 Å². The van der Waals surface area contributed by atoms with E-state index in [1.54, 1.807) is 23.6 Å². The van der Waals surface area contributed by atoms with Gasteiger partial charge in [-0.25, -0.2) is 4.39 Å². The summed E-state index contributed by atoms with van der Waals surface area (Å²) in [6, 6.07) is 13.5. The fraction of sp³-hybridized carbons (Fsp3) is 0. The number of hydrogen-bond acceptors (Lipinski definition) is 3. The zero-order valence-electron chi connectivity index (χ0n) is 12.8. The van der Waals surface area contributed by atoms with E-state index in [1.165, 1.54) is 47.7 Å². The van der Waals surface area contributed by atoms with Crippen LogP contribution in [0.5, 0.6) is 0 Å². The average molecular weight is 375 g/mol. The predicted molar refractivity (Wildman–Crippen MR) is 98.1 cm³/mol. The third-order valence-corrected chi connectivity index (χ3v) is 4.52. The molecular formula is C18H12ClFN2O2S. The van der Waals surface area contributed by atoms with Gasteiger partial charge in [0, 0.05) is 11.3 Å². The zero-order valence-corrected chi connectivity index (χ0v) is 14.3. The lowest BCUT2D eigenvalue weighted by atomic mass is 10.1. The molecule has 0 radical (unpaired) electrons. The molecule has 0 spiro atoms. The summed E-state index contributed by atoms with van der Waals surface area (Å²) in [5.41, 5.74) is 1.12. The van der Waals surface area contributed by atoms with Gasteiger partial charge in [0.25, 0.3) is 11.8 Å². The average Bonchev–Trinajstić information content (AvgIpc) is 3.13. The fourth-order valence-electron chi connectivity index (χ4n) is 2.09. The SMILES string of the molecule is O=C(Nc1ccc(F)cc1)c1ccc(Cl)c(NC(=O)c2cccs2)c1. The standard InChI is InChI=1S/C18H12ClFN2O2S/c19-14-8-3-11(17(23)21-13-6-4-12(20)5-7-13)10-15(14)22-18(24)16-2-1-9-25-16/h1-10H,(H,21,23)(H,22,24). The lowest BCUT2D eigenvalue weighted by molar-refractivity contribution is 0.101. The molecule has 0 fully saturated rings. The summed E-state index contributed by atoms with van der Waals surface area (Å²) in [5, 5.41) is 7.46. The van der Waals surface area contributed by atoms with Crippen molar-refractivity contribution < 1.29 is 14.0 Å². The van der Waals surface area contributed by atoms with Gasteiger partial charge in [0.15, 0.2) is 0 Å². The largest absolute Gasteiger partial charge is 0.322 e. The van der Waals surface area contributed by atoms with E-state index in [0.717, 1.165) is 0 Å². The van der Waals surface area contributed by atoms with Crippen LogP contribution in [0.2, 0.25) is 5.02 Å².